The lowest BCUT2D eigenvalue weighted by Gasteiger charge is -2.03. The second kappa shape index (κ2) is 6.95. The van der Waals surface area contributed by atoms with Gasteiger partial charge in [0, 0.05) is 9.79 Å². The topological polar surface area (TPSA) is 0 Å². The fraction of sp³-hybridized carbons (Fsp3) is 0.125. The molecule has 2 aromatic rings. The highest BCUT2D eigenvalue weighted by molar-refractivity contribution is 8.06. The van der Waals surface area contributed by atoms with E-state index in [0.29, 0.717) is 9.79 Å². The summed E-state index contributed by atoms with van der Waals surface area (Å²) in [7, 11) is 0. The molecule has 0 aliphatic rings. The second-order valence-corrected chi connectivity index (χ2v) is 6.45. The molecule has 20 heavy (non-hydrogen) atoms. The van der Waals surface area contributed by atoms with E-state index in [9.17, 15) is 8.78 Å². The smallest absolute Gasteiger partial charge is 0.195 e. The molecule has 4 heteroatoms. The fourth-order valence-corrected chi connectivity index (χ4v) is 2.87. The van der Waals surface area contributed by atoms with E-state index in [1.54, 1.807) is 24.3 Å². The Bertz CT molecular complexity index is 546. The van der Waals surface area contributed by atoms with E-state index in [2.05, 4.69) is 0 Å². The number of halogens is 2. The van der Waals surface area contributed by atoms with E-state index < -0.39 is 10.3 Å². The maximum absolute atomic E-state index is 13.8. The van der Waals surface area contributed by atoms with Gasteiger partial charge in [0.05, 0.1) is 0 Å². The van der Waals surface area contributed by atoms with Crippen LogP contribution in [0.25, 0.3) is 0 Å². The highest BCUT2D eigenvalue weighted by Crippen LogP contribution is 2.38. The van der Waals surface area contributed by atoms with Crippen molar-refractivity contribution in [2.75, 3.05) is 0 Å². The van der Waals surface area contributed by atoms with Gasteiger partial charge in [-0.25, -0.2) is 0 Å². The van der Waals surface area contributed by atoms with E-state index in [1.165, 1.54) is 0 Å². The molecule has 0 amide bonds. The first-order valence-electron chi connectivity index (χ1n) is 6.09. The third-order valence-corrected chi connectivity index (χ3v) is 4.47. The summed E-state index contributed by atoms with van der Waals surface area (Å²) in [6, 6.07) is 14.6. The first-order chi connectivity index (χ1) is 9.54. The summed E-state index contributed by atoms with van der Waals surface area (Å²) in [5.41, 5.74) is 2.18. The van der Waals surface area contributed by atoms with Crippen molar-refractivity contribution in [1.29, 1.82) is 0 Å². The van der Waals surface area contributed by atoms with Gasteiger partial charge in [-0.05, 0) is 38.1 Å². The summed E-state index contributed by atoms with van der Waals surface area (Å²) in [5, 5.41) is -1.61. The molecule has 0 aliphatic heterocycles. The van der Waals surface area contributed by atoms with Gasteiger partial charge in [0.15, 0.2) is 0 Å². The molecule has 0 N–H and O–H groups in total. The monoisotopic (exact) mass is 308 g/mol. The van der Waals surface area contributed by atoms with Crippen molar-refractivity contribution in [3.05, 3.63) is 70.0 Å². The van der Waals surface area contributed by atoms with Crippen LogP contribution in [0.1, 0.15) is 11.1 Å². The van der Waals surface area contributed by atoms with Gasteiger partial charge in [0.1, 0.15) is 0 Å². The van der Waals surface area contributed by atoms with Crippen molar-refractivity contribution in [1.82, 2.24) is 0 Å². The molecule has 0 bridgehead atoms. The first-order valence-corrected chi connectivity index (χ1v) is 7.72. The number of hydrogen-bond acceptors (Lipinski definition) is 2. The molecule has 0 fully saturated rings. The van der Waals surface area contributed by atoms with E-state index in [4.69, 9.17) is 0 Å². The lowest BCUT2D eigenvalue weighted by atomic mass is 10.2. The number of benzene rings is 2. The van der Waals surface area contributed by atoms with Gasteiger partial charge in [-0.2, -0.15) is 8.78 Å². The third kappa shape index (κ3) is 4.39. The Kier molecular flexibility index (Phi) is 5.26. The van der Waals surface area contributed by atoms with Gasteiger partial charge < -0.3 is 0 Å². The van der Waals surface area contributed by atoms with Crippen LogP contribution >= 0.6 is 23.5 Å². The van der Waals surface area contributed by atoms with Crippen LogP contribution in [0.3, 0.4) is 0 Å². The highest BCUT2D eigenvalue weighted by atomic mass is 32.2. The Morgan fingerprint density at radius 2 is 0.950 bits per heavy atom. The lowest BCUT2D eigenvalue weighted by molar-refractivity contribution is 0.616. The predicted molar refractivity (Wildman–Crippen MR) is 83.3 cm³/mol. The number of aryl methyl sites for hydroxylation is 2. The Balaban J connectivity index is 2.06. The minimum absolute atomic E-state index is 0.688. The fourth-order valence-electron chi connectivity index (χ4n) is 1.50. The molecule has 0 aromatic heterocycles. The molecular formula is C16H14F2S2. The molecule has 0 saturated carbocycles. The van der Waals surface area contributed by atoms with Crippen LogP contribution in [0.4, 0.5) is 8.78 Å². The summed E-state index contributed by atoms with van der Waals surface area (Å²) < 4.78 is 27.6. The van der Waals surface area contributed by atoms with Crippen molar-refractivity contribution in [2.24, 2.45) is 0 Å². The standard InChI is InChI=1S/C16H14F2S2/c1-11-3-7-13(8-4-11)19-15(17)16(18)20-14-9-5-12(2)6-10-14/h3-10H,1-2H3/b16-15+. The van der Waals surface area contributed by atoms with Gasteiger partial charge in [-0.3, -0.25) is 0 Å². The largest absolute Gasteiger partial charge is 0.204 e. The van der Waals surface area contributed by atoms with E-state index in [-0.39, 0.29) is 0 Å². The highest BCUT2D eigenvalue weighted by Gasteiger charge is 2.10. The van der Waals surface area contributed by atoms with Crippen molar-refractivity contribution >= 4 is 23.5 Å². The van der Waals surface area contributed by atoms with Crippen molar-refractivity contribution < 1.29 is 8.78 Å². The third-order valence-electron chi connectivity index (χ3n) is 2.61. The Morgan fingerprint density at radius 1 is 0.650 bits per heavy atom. The molecule has 0 heterocycles. The van der Waals surface area contributed by atoms with Crippen LogP contribution in [0.15, 0.2) is 68.6 Å². The van der Waals surface area contributed by atoms with E-state index in [0.717, 1.165) is 34.7 Å². The van der Waals surface area contributed by atoms with Crippen LogP contribution in [0.5, 0.6) is 0 Å². The molecule has 0 saturated heterocycles. The Hall–Kier alpha value is -1.26. The zero-order valence-electron chi connectivity index (χ0n) is 11.2. The maximum atomic E-state index is 13.8. The molecule has 0 aliphatic carbocycles. The summed E-state index contributed by atoms with van der Waals surface area (Å²) >= 11 is 1.60. The average Bonchev–Trinajstić information content (AvgIpc) is 2.44. The first kappa shape index (κ1) is 15.1. The summed E-state index contributed by atoms with van der Waals surface area (Å²) in [4.78, 5) is 1.38. The SMILES string of the molecule is Cc1ccc(S/C(F)=C(\F)Sc2ccc(C)cc2)cc1. The summed E-state index contributed by atoms with van der Waals surface area (Å²) in [6.45, 7) is 3.91. The molecule has 0 radical (unpaired) electrons. The minimum atomic E-state index is -0.806. The van der Waals surface area contributed by atoms with E-state index >= 15 is 0 Å². The lowest BCUT2D eigenvalue weighted by Crippen LogP contribution is -1.77. The van der Waals surface area contributed by atoms with Gasteiger partial charge in [-0.1, -0.05) is 58.9 Å². The van der Waals surface area contributed by atoms with E-state index in [1.807, 2.05) is 38.1 Å². The molecule has 0 spiro atoms. The number of rotatable bonds is 4. The van der Waals surface area contributed by atoms with Crippen LogP contribution in [0.2, 0.25) is 0 Å². The minimum Gasteiger partial charge on any atom is -0.195 e. The van der Waals surface area contributed by atoms with Crippen LogP contribution in [-0.4, -0.2) is 0 Å². The van der Waals surface area contributed by atoms with Crippen LogP contribution in [0, 0.1) is 13.8 Å². The van der Waals surface area contributed by atoms with Crippen molar-refractivity contribution in [2.45, 2.75) is 23.6 Å². The van der Waals surface area contributed by atoms with Crippen molar-refractivity contribution in [3.63, 3.8) is 0 Å². The van der Waals surface area contributed by atoms with Gasteiger partial charge in [-0.15, -0.1) is 0 Å². The second-order valence-electron chi connectivity index (χ2n) is 4.38. The summed E-state index contributed by atoms with van der Waals surface area (Å²) in [6.07, 6.45) is 0. The zero-order valence-corrected chi connectivity index (χ0v) is 12.8. The van der Waals surface area contributed by atoms with Gasteiger partial charge in [0.25, 0.3) is 0 Å². The number of thioether (sulfide) groups is 2. The summed E-state index contributed by atoms with van der Waals surface area (Å²) in [5.74, 6) is 0. The molecule has 2 aromatic carbocycles. The zero-order chi connectivity index (χ0) is 14.5. The molecular weight excluding hydrogens is 294 g/mol. The predicted octanol–water partition coefficient (Wildman–Crippen LogP) is 6.25. The van der Waals surface area contributed by atoms with Gasteiger partial charge >= 0.3 is 0 Å². The molecule has 0 atom stereocenters. The Morgan fingerprint density at radius 3 is 1.25 bits per heavy atom. The maximum Gasteiger partial charge on any atom is 0.204 e. The molecule has 0 unspecified atom stereocenters. The normalized spacial score (nSPS) is 12.2. The van der Waals surface area contributed by atoms with Crippen LogP contribution in [-0.2, 0) is 0 Å². The average molecular weight is 308 g/mol. The van der Waals surface area contributed by atoms with Crippen LogP contribution < -0.4 is 0 Å². The quantitative estimate of drug-likeness (QED) is 0.612. The van der Waals surface area contributed by atoms with Crippen molar-refractivity contribution in [3.8, 4) is 0 Å². The molecule has 104 valence electrons. The Labute approximate surface area is 126 Å². The molecule has 0 nitrogen and oxygen atoms in total. The molecule has 2 rings (SSSR count). The van der Waals surface area contributed by atoms with Gasteiger partial charge in [0.2, 0.25) is 10.3 Å². The number of hydrogen-bond donors (Lipinski definition) is 0.